The third-order valence-electron chi connectivity index (χ3n) is 3.32. The van der Waals surface area contributed by atoms with Gasteiger partial charge in [0.25, 0.3) is 0 Å². The molecule has 0 fully saturated rings. The van der Waals surface area contributed by atoms with Crippen molar-refractivity contribution < 1.29 is 45.3 Å². The van der Waals surface area contributed by atoms with Gasteiger partial charge < -0.3 is 14.2 Å². The Morgan fingerprint density at radius 1 is 0.931 bits per heavy atom. The van der Waals surface area contributed by atoms with E-state index < -0.39 is 24.7 Å². The van der Waals surface area contributed by atoms with Crippen molar-refractivity contribution in [1.29, 1.82) is 0 Å². The quantitative estimate of drug-likeness (QED) is 0.264. The van der Waals surface area contributed by atoms with Gasteiger partial charge >= 0.3 is 12.5 Å². The maximum atomic E-state index is 12.3. The number of hydrogen-bond acceptors (Lipinski definition) is 4. The summed E-state index contributed by atoms with van der Waals surface area (Å²) in [6.07, 6.45) is -10.1. The summed E-state index contributed by atoms with van der Waals surface area (Å²) in [6.45, 7) is -0.294. The third kappa shape index (κ3) is 7.72. The molecule has 0 saturated carbocycles. The monoisotopic (exact) mass is 442 g/mol. The number of alkyl halides is 6. The highest BCUT2D eigenvalue weighted by atomic mass is 35.5. The van der Waals surface area contributed by atoms with Gasteiger partial charge in [0.2, 0.25) is 0 Å². The van der Waals surface area contributed by atoms with Crippen LogP contribution in [0.1, 0.15) is 23.2 Å². The summed E-state index contributed by atoms with van der Waals surface area (Å²) in [7, 11) is 0. The largest absolute Gasteiger partial charge is 0.573 e. The Morgan fingerprint density at radius 3 is 2.21 bits per heavy atom. The Balaban J connectivity index is 2.15. The van der Waals surface area contributed by atoms with Gasteiger partial charge in [0.05, 0.1) is 11.6 Å². The van der Waals surface area contributed by atoms with Crippen LogP contribution in [0.15, 0.2) is 36.4 Å². The lowest BCUT2D eigenvalue weighted by atomic mass is 10.2. The Hall–Kier alpha value is -2.62. The van der Waals surface area contributed by atoms with Crippen LogP contribution in [0.5, 0.6) is 23.0 Å². The summed E-state index contributed by atoms with van der Waals surface area (Å²) in [5.41, 5.74) is 0.190. The van der Waals surface area contributed by atoms with Crippen LogP contribution in [-0.2, 0) is 0 Å². The van der Waals surface area contributed by atoms with Gasteiger partial charge in [0, 0.05) is 18.1 Å². The molecule has 4 nitrogen and oxygen atoms in total. The van der Waals surface area contributed by atoms with Crippen LogP contribution in [0, 0.1) is 0 Å². The SMILES string of the molecule is O=Cc1ccc(Oc2ccc(OC(F)(F)F)c(Cl)c2)c(OCCCC(F)(F)F)c1. The van der Waals surface area contributed by atoms with Gasteiger partial charge in [-0.3, -0.25) is 4.79 Å². The number of hydrogen-bond donors (Lipinski definition) is 0. The van der Waals surface area contributed by atoms with E-state index in [1.54, 1.807) is 0 Å². The second-order valence-corrected chi connectivity index (χ2v) is 6.04. The Morgan fingerprint density at radius 2 is 1.62 bits per heavy atom. The minimum Gasteiger partial charge on any atom is -0.490 e. The minimum absolute atomic E-state index is 0.0106. The van der Waals surface area contributed by atoms with Crippen molar-refractivity contribution in [3.05, 3.63) is 47.0 Å². The second kappa shape index (κ2) is 9.25. The molecule has 0 radical (unpaired) electrons. The van der Waals surface area contributed by atoms with Crippen molar-refractivity contribution >= 4 is 17.9 Å². The Labute approximate surface area is 165 Å². The number of carbonyl (C=O) groups excluding carboxylic acids is 1. The van der Waals surface area contributed by atoms with Crippen molar-refractivity contribution in [3.63, 3.8) is 0 Å². The third-order valence-corrected chi connectivity index (χ3v) is 3.62. The lowest BCUT2D eigenvalue weighted by Crippen LogP contribution is -2.17. The molecule has 0 bridgehead atoms. The van der Waals surface area contributed by atoms with Crippen molar-refractivity contribution in [2.24, 2.45) is 0 Å². The second-order valence-electron chi connectivity index (χ2n) is 5.63. The molecular weight excluding hydrogens is 430 g/mol. The van der Waals surface area contributed by atoms with Gasteiger partial charge in [-0.05, 0) is 36.8 Å². The van der Waals surface area contributed by atoms with E-state index in [-0.39, 0.29) is 40.9 Å². The van der Waals surface area contributed by atoms with E-state index >= 15 is 0 Å². The van der Waals surface area contributed by atoms with Gasteiger partial charge in [-0.2, -0.15) is 13.2 Å². The van der Waals surface area contributed by atoms with Crippen LogP contribution >= 0.6 is 11.6 Å². The first-order valence-electron chi connectivity index (χ1n) is 7.99. The number of carbonyl (C=O) groups is 1. The Bertz CT molecular complexity index is 851. The fourth-order valence-electron chi connectivity index (χ4n) is 2.13. The summed E-state index contributed by atoms with van der Waals surface area (Å²) in [5.74, 6) is -0.596. The molecule has 2 rings (SSSR count). The van der Waals surface area contributed by atoms with Crippen molar-refractivity contribution in [3.8, 4) is 23.0 Å². The minimum atomic E-state index is -4.92. The van der Waals surface area contributed by atoms with Crippen molar-refractivity contribution in [1.82, 2.24) is 0 Å². The summed E-state index contributed by atoms with van der Waals surface area (Å²) in [5, 5.41) is -0.378. The lowest BCUT2D eigenvalue weighted by Gasteiger charge is -2.15. The zero-order chi connectivity index (χ0) is 21.7. The average molecular weight is 443 g/mol. The number of benzene rings is 2. The summed E-state index contributed by atoms with van der Waals surface area (Å²) in [4.78, 5) is 10.9. The van der Waals surface area contributed by atoms with Crippen LogP contribution in [0.2, 0.25) is 5.02 Å². The molecule has 0 heterocycles. The molecule has 158 valence electrons. The van der Waals surface area contributed by atoms with Crippen LogP contribution in [0.25, 0.3) is 0 Å². The number of ether oxygens (including phenoxy) is 3. The normalized spacial score (nSPS) is 11.8. The molecule has 0 aromatic heterocycles. The predicted molar refractivity (Wildman–Crippen MR) is 90.8 cm³/mol. The Kier molecular flexibility index (Phi) is 7.23. The van der Waals surface area contributed by atoms with E-state index in [4.69, 9.17) is 21.1 Å². The van der Waals surface area contributed by atoms with Crippen molar-refractivity contribution in [2.45, 2.75) is 25.4 Å². The van der Waals surface area contributed by atoms with Crippen molar-refractivity contribution in [2.75, 3.05) is 6.61 Å². The summed E-state index contributed by atoms with van der Waals surface area (Å²) in [6, 6.07) is 7.11. The maximum Gasteiger partial charge on any atom is 0.573 e. The van der Waals surface area contributed by atoms with Crippen LogP contribution < -0.4 is 14.2 Å². The highest BCUT2D eigenvalue weighted by molar-refractivity contribution is 6.32. The van der Waals surface area contributed by atoms with Gasteiger partial charge in [-0.15, -0.1) is 13.2 Å². The van der Waals surface area contributed by atoms with Crippen LogP contribution in [0.4, 0.5) is 26.3 Å². The van der Waals surface area contributed by atoms with E-state index in [0.717, 1.165) is 18.2 Å². The first kappa shape index (κ1) is 22.7. The first-order chi connectivity index (χ1) is 13.5. The molecule has 0 unspecified atom stereocenters. The van der Waals surface area contributed by atoms with Gasteiger partial charge in [-0.25, -0.2) is 0 Å². The van der Waals surface area contributed by atoms with Crippen LogP contribution in [-0.4, -0.2) is 25.4 Å². The fraction of sp³-hybridized carbons (Fsp3) is 0.278. The molecule has 0 saturated heterocycles. The average Bonchev–Trinajstić information content (AvgIpc) is 2.60. The van der Waals surface area contributed by atoms with Gasteiger partial charge in [-0.1, -0.05) is 11.6 Å². The molecule has 0 amide bonds. The molecule has 0 aliphatic heterocycles. The topological polar surface area (TPSA) is 44.8 Å². The van der Waals surface area contributed by atoms with Gasteiger partial charge in [0.15, 0.2) is 11.5 Å². The standard InChI is InChI=1S/C18H13ClF6O4/c19-13-9-12(3-5-14(13)29-18(23,24)25)28-15-4-2-11(10-26)8-16(15)27-7-1-6-17(20,21)22/h2-5,8-10H,1,6-7H2. The zero-order valence-electron chi connectivity index (χ0n) is 14.4. The molecule has 0 aliphatic carbocycles. The maximum absolute atomic E-state index is 12.3. The van der Waals surface area contributed by atoms with E-state index in [2.05, 4.69) is 4.74 Å². The molecule has 0 aliphatic rings. The first-order valence-corrected chi connectivity index (χ1v) is 8.36. The lowest BCUT2D eigenvalue weighted by molar-refractivity contribution is -0.274. The van der Waals surface area contributed by atoms with Gasteiger partial charge in [0.1, 0.15) is 17.8 Å². The predicted octanol–water partition coefficient (Wildman–Crippen LogP) is 6.56. The smallest absolute Gasteiger partial charge is 0.490 e. The van der Waals surface area contributed by atoms with E-state index in [9.17, 15) is 31.1 Å². The molecule has 0 N–H and O–H groups in total. The highest BCUT2D eigenvalue weighted by Crippen LogP contribution is 2.37. The van der Waals surface area contributed by atoms with E-state index in [0.29, 0.717) is 6.29 Å². The fourth-order valence-corrected chi connectivity index (χ4v) is 2.34. The number of halogens is 7. The van der Waals surface area contributed by atoms with Crippen LogP contribution in [0.3, 0.4) is 0 Å². The number of rotatable bonds is 8. The van der Waals surface area contributed by atoms with E-state index in [1.165, 1.54) is 18.2 Å². The summed E-state index contributed by atoms with van der Waals surface area (Å²) >= 11 is 5.75. The summed E-state index contributed by atoms with van der Waals surface area (Å²) < 4.78 is 88.0. The molecular formula is C18H13ClF6O4. The molecule has 29 heavy (non-hydrogen) atoms. The zero-order valence-corrected chi connectivity index (χ0v) is 15.2. The molecule has 0 spiro atoms. The highest BCUT2D eigenvalue weighted by Gasteiger charge is 2.32. The number of aldehydes is 1. The van der Waals surface area contributed by atoms with E-state index in [1.807, 2.05) is 0 Å². The molecule has 11 heteroatoms. The molecule has 2 aromatic rings. The molecule has 0 atom stereocenters. The molecule has 2 aromatic carbocycles.